The Labute approximate surface area is 261 Å². The first-order valence-corrected chi connectivity index (χ1v) is 16.3. The van der Waals surface area contributed by atoms with E-state index >= 15 is 0 Å². The SMILES string of the molecule is CCN(CC)Cc1csc(NC(=O)c2cc(-c3ncccc3C)cc(Oc3ccc(S(C)(=O)=O)cc3)c2OC(=O)C(F)(F)F)n1. The summed E-state index contributed by atoms with van der Waals surface area (Å²) in [4.78, 5) is 36.6. The average Bonchev–Trinajstić information content (AvgIpc) is 3.42. The van der Waals surface area contributed by atoms with E-state index in [0.29, 0.717) is 23.5 Å². The van der Waals surface area contributed by atoms with Gasteiger partial charge in [0.25, 0.3) is 5.91 Å². The number of alkyl halides is 3. The van der Waals surface area contributed by atoms with Crippen molar-refractivity contribution in [2.24, 2.45) is 0 Å². The van der Waals surface area contributed by atoms with E-state index in [1.165, 1.54) is 42.6 Å². The molecule has 10 nitrogen and oxygen atoms in total. The molecule has 0 unspecified atom stereocenters. The third-order valence-electron chi connectivity index (χ3n) is 6.54. The Morgan fingerprint density at radius 1 is 1.07 bits per heavy atom. The van der Waals surface area contributed by atoms with Gasteiger partial charge >= 0.3 is 12.1 Å². The molecule has 2 heterocycles. The van der Waals surface area contributed by atoms with Gasteiger partial charge in [-0.15, -0.1) is 11.3 Å². The summed E-state index contributed by atoms with van der Waals surface area (Å²) in [6.07, 6.45) is -2.89. The number of amides is 1. The van der Waals surface area contributed by atoms with Gasteiger partial charge in [0.15, 0.2) is 26.5 Å². The second-order valence-corrected chi connectivity index (χ2v) is 12.7. The Morgan fingerprint density at radius 3 is 2.36 bits per heavy atom. The summed E-state index contributed by atoms with van der Waals surface area (Å²) in [5.74, 6) is -4.73. The predicted octanol–water partition coefficient (Wildman–Crippen LogP) is 6.27. The largest absolute Gasteiger partial charge is 0.491 e. The van der Waals surface area contributed by atoms with E-state index in [-0.39, 0.29) is 21.3 Å². The van der Waals surface area contributed by atoms with Gasteiger partial charge in [-0.05, 0) is 68.0 Å². The minimum absolute atomic E-state index is 0.00562. The maximum Gasteiger partial charge on any atom is 0.491 e. The number of esters is 1. The highest BCUT2D eigenvalue weighted by Gasteiger charge is 2.42. The molecule has 0 fully saturated rings. The summed E-state index contributed by atoms with van der Waals surface area (Å²) in [5.41, 5.74) is 1.55. The van der Waals surface area contributed by atoms with E-state index in [1.807, 2.05) is 13.8 Å². The summed E-state index contributed by atoms with van der Waals surface area (Å²) < 4.78 is 74.6. The van der Waals surface area contributed by atoms with E-state index in [2.05, 4.69) is 20.2 Å². The molecule has 0 aliphatic rings. The fourth-order valence-corrected chi connectivity index (χ4v) is 5.51. The molecule has 1 amide bonds. The average molecular weight is 663 g/mol. The van der Waals surface area contributed by atoms with Crippen molar-refractivity contribution in [1.82, 2.24) is 14.9 Å². The number of benzene rings is 2. The molecular formula is C30H29F3N4O6S2. The molecule has 0 saturated heterocycles. The van der Waals surface area contributed by atoms with Crippen LogP contribution in [0, 0.1) is 6.92 Å². The molecule has 0 atom stereocenters. The number of pyridine rings is 1. The third-order valence-corrected chi connectivity index (χ3v) is 8.48. The first-order chi connectivity index (χ1) is 21.2. The molecule has 2 aromatic heterocycles. The first kappa shape index (κ1) is 33.6. The third kappa shape index (κ3) is 8.44. The number of rotatable bonds is 11. The van der Waals surface area contributed by atoms with Crippen LogP contribution in [-0.4, -0.2) is 60.7 Å². The Kier molecular flexibility index (Phi) is 10.3. The van der Waals surface area contributed by atoms with Gasteiger partial charge in [0.1, 0.15) is 5.75 Å². The Morgan fingerprint density at radius 2 is 1.76 bits per heavy atom. The van der Waals surface area contributed by atoms with Crippen LogP contribution in [0.4, 0.5) is 18.3 Å². The molecule has 0 radical (unpaired) electrons. The highest BCUT2D eigenvalue weighted by Crippen LogP contribution is 2.41. The van der Waals surface area contributed by atoms with Crippen molar-refractivity contribution in [3.63, 3.8) is 0 Å². The lowest BCUT2D eigenvalue weighted by Crippen LogP contribution is -2.29. The molecular weight excluding hydrogens is 633 g/mol. The molecule has 0 aliphatic heterocycles. The number of thiazole rings is 1. The number of anilines is 1. The molecule has 2 aromatic carbocycles. The van der Waals surface area contributed by atoms with Crippen LogP contribution in [0.3, 0.4) is 0 Å². The van der Waals surface area contributed by atoms with Crippen LogP contribution in [0.15, 0.2) is 65.0 Å². The first-order valence-electron chi connectivity index (χ1n) is 13.5. The van der Waals surface area contributed by atoms with Crippen LogP contribution < -0.4 is 14.8 Å². The van der Waals surface area contributed by atoms with Crippen LogP contribution in [0.25, 0.3) is 11.3 Å². The lowest BCUT2D eigenvalue weighted by Gasteiger charge is -2.18. The van der Waals surface area contributed by atoms with Crippen molar-refractivity contribution in [2.45, 2.75) is 38.4 Å². The monoisotopic (exact) mass is 662 g/mol. The summed E-state index contributed by atoms with van der Waals surface area (Å²) in [7, 11) is -3.56. The topological polar surface area (TPSA) is 128 Å². The van der Waals surface area contributed by atoms with Gasteiger partial charge in [-0.3, -0.25) is 20.0 Å². The zero-order chi connectivity index (χ0) is 32.9. The fraction of sp³-hybridized carbons (Fsp3) is 0.267. The lowest BCUT2D eigenvalue weighted by atomic mass is 10.0. The van der Waals surface area contributed by atoms with Crippen molar-refractivity contribution in [3.05, 3.63) is 76.9 Å². The number of hydrogen-bond acceptors (Lipinski definition) is 10. The van der Waals surface area contributed by atoms with E-state index in [0.717, 1.165) is 30.7 Å². The molecule has 0 aliphatic carbocycles. The van der Waals surface area contributed by atoms with E-state index in [9.17, 15) is 31.2 Å². The maximum atomic E-state index is 13.7. The number of aromatic nitrogens is 2. The quantitative estimate of drug-likeness (QED) is 0.146. The standard InChI is InChI=1S/C30H29F3N4O6S2/c1-5-37(6-2)16-20-17-44-29(35-20)36-27(38)23-14-19(25-18(3)8-7-13-34-25)15-24(26(23)43-28(39)30(31,32)33)42-21-9-11-22(12-10-21)45(4,40)41/h7-15,17H,5-6,16H2,1-4H3,(H,35,36,38). The summed E-state index contributed by atoms with van der Waals surface area (Å²) in [6.45, 7) is 7.83. The zero-order valence-corrected chi connectivity index (χ0v) is 26.3. The van der Waals surface area contributed by atoms with Crippen LogP contribution in [0.5, 0.6) is 17.2 Å². The molecule has 238 valence electrons. The maximum absolute atomic E-state index is 13.7. The minimum atomic E-state index is -5.40. The fourth-order valence-electron chi connectivity index (χ4n) is 4.19. The molecule has 0 spiro atoms. The molecule has 0 saturated carbocycles. The Balaban J connectivity index is 1.83. The molecule has 0 bridgehead atoms. The molecule has 1 N–H and O–H groups in total. The molecule has 45 heavy (non-hydrogen) atoms. The van der Waals surface area contributed by atoms with Gasteiger partial charge in [-0.2, -0.15) is 13.2 Å². The number of ether oxygens (including phenoxy) is 2. The summed E-state index contributed by atoms with van der Waals surface area (Å²) >= 11 is 1.12. The molecule has 15 heteroatoms. The second kappa shape index (κ2) is 13.7. The minimum Gasteiger partial charge on any atom is -0.453 e. The predicted molar refractivity (Wildman–Crippen MR) is 162 cm³/mol. The van der Waals surface area contributed by atoms with Gasteiger partial charge in [0.2, 0.25) is 0 Å². The summed E-state index contributed by atoms with van der Waals surface area (Å²) in [5, 5.41) is 4.51. The van der Waals surface area contributed by atoms with Gasteiger partial charge in [0.05, 0.1) is 21.8 Å². The van der Waals surface area contributed by atoms with Crippen LogP contribution >= 0.6 is 11.3 Å². The number of nitrogens with zero attached hydrogens (tertiary/aromatic N) is 3. The van der Waals surface area contributed by atoms with Gasteiger partial charge in [0, 0.05) is 29.9 Å². The van der Waals surface area contributed by atoms with Crippen molar-refractivity contribution >= 4 is 38.2 Å². The van der Waals surface area contributed by atoms with Crippen molar-refractivity contribution in [2.75, 3.05) is 24.7 Å². The number of carbonyl (C=O) groups is 2. The van der Waals surface area contributed by atoms with Crippen molar-refractivity contribution in [3.8, 4) is 28.5 Å². The van der Waals surface area contributed by atoms with Gasteiger partial charge < -0.3 is 9.47 Å². The van der Waals surface area contributed by atoms with Gasteiger partial charge in [-0.25, -0.2) is 18.2 Å². The number of nitrogens with one attached hydrogen (secondary N) is 1. The number of sulfone groups is 1. The van der Waals surface area contributed by atoms with Crippen LogP contribution in [0.1, 0.15) is 35.5 Å². The molecule has 4 aromatic rings. The molecule has 4 rings (SSSR count). The Hall–Kier alpha value is -4.34. The number of carbonyl (C=O) groups excluding carboxylic acids is 2. The van der Waals surface area contributed by atoms with Crippen molar-refractivity contribution < 1.29 is 40.7 Å². The zero-order valence-electron chi connectivity index (χ0n) is 24.6. The van der Waals surface area contributed by atoms with E-state index in [4.69, 9.17) is 9.47 Å². The summed E-state index contributed by atoms with van der Waals surface area (Å²) in [6, 6.07) is 11.0. The van der Waals surface area contributed by atoms with Crippen molar-refractivity contribution in [1.29, 1.82) is 0 Å². The highest BCUT2D eigenvalue weighted by molar-refractivity contribution is 7.90. The highest BCUT2D eigenvalue weighted by atomic mass is 32.2. The van der Waals surface area contributed by atoms with Crippen LogP contribution in [0.2, 0.25) is 0 Å². The number of aryl methyl sites for hydroxylation is 1. The van der Waals surface area contributed by atoms with Gasteiger partial charge in [-0.1, -0.05) is 19.9 Å². The lowest BCUT2D eigenvalue weighted by molar-refractivity contribution is -0.189. The van der Waals surface area contributed by atoms with E-state index < -0.39 is 45.0 Å². The van der Waals surface area contributed by atoms with E-state index in [1.54, 1.807) is 24.4 Å². The second-order valence-electron chi connectivity index (χ2n) is 9.81. The Bertz CT molecular complexity index is 1810. The van der Waals surface area contributed by atoms with Crippen LogP contribution in [-0.2, 0) is 21.2 Å². The normalized spacial score (nSPS) is 11.8. The number of halogens is 3. The smallest absolute Gasteiger partial charge is 0.453 e. The number of hydrogen-bond donors (Lipinski definition) is 1.